The molecule has 0 aliphatic carbocycles. The van der Waals surface area contributed by atoms with E-state index in [1.165, 1.54) is 22.7 Å². The van der Waals surface area contributed by atoms with E-state index in [1.54, 1.807) is 0 Å². The van der Waals surface area contributed by atoms with Crippen LogP contribution in [0.25, 0.3) is 5.65 Å². The molecule has 15 heavy (non-hydrogen) atoms. The van der Waals surface area contributed by atoms with Crippen LogP contribution in [0.3, 0.4) is 0 Å². The number of fused-ring (bicyclic) bond motifs is 1. The van der Waals surface area contributed by atoms with E-state index >= 15 is 0 Å². The van der Waals surface area contributed by atoms with Gasteiger partial charge in [0.2, 0.25) is 0 Å². The molecule has 0 saturated heterocycles. The lowest BCUT2D eigenvalue weighted by atomic mass is 10.5. The maximum absolute atomic E-state index is 12.4. The van der Waals surface area contributed by atoms with Crippen LogP contribution in [0.1, 0.15) is 5.69 Å². The van der Waals surface area contributed by atoms with E-state index in [1.807, 2.05) is 0 Å². The molecule has 7 heteroatoms. The summed E-state index contributed by atoms with van der Waals surface area (Å²) in [6, 6.07) is 2.90. The largest absolute Gasteiger partial charge is 0.436 e. The van der Waals surface area contributed by atoms with Crippen molar-refractivity contribution in [3.05, 3.63) is 33.6 Å². The molecule has 0 radical (unpaired) electrons. The van der Waals surface area contributed by atoms with E-state index in [2.05, 4.69) is 20.9 Å². The van der Waals surface area contributed by atoms with Gasteiger partial charge in [0.05, 0.1) is 5.02 Å². The molecule has 2 aromatic rings. The molecule has 2 heterocycles. The predicted octanol–water partition coefficient (Wildman–Crippen LogP) is 3.77. The fourth-order valence-electron chi connectivity index (χ4n) is 1.17. The summed E-state index contributed by atoms with van der Waals surface area (Å²) in [6.45, 7) is 0. The fourth-order valence-corrected chi connectivity index (χ4v) is 1.93. The normalized spacial score (nSPS) is 12.3. The van der Waals surface area contributed by atoms with Gasteiger partial charge in [0.15, 0.2) is 5.69 Å². The fraction of sp³-hybridized carbons (Fsp3) is 0.125. The molecule has 0 bridgehead atoms. The third-order valence-corrected chi connectivity index (χ3v) is 2.77. The minimum Gasteiger partial charge on any atom is -0.292 e. The van der Waals surface area contributed by atoms with Crippen LogP contribution in [-0.4, -0.2) is 9.38 Å². The number of aromatic nitrogens is 2. The number of nitrogens with zero attached hydrogens (tertiary/aromatic N) is 2. The number of imidazole rings is 1. The molecule has 0 aliphatic rings. The molecule has 2 rings (SSSR count). The molecule has 2 nitrogen and oxygen atoms in total. The van der Waals surface area contributed by atoms with E-state index in [0.29, 0.717) is 5.02 Å². The molecule has 0 aromatic carbocycles. The van der Waals surface area contributed by atoms with Crippen molar-refractivity contribution in [2.75, 3.05) is 0 Å². The summed E-state index contributed by atoms with van der Waals surface area (Å²) in [5.41, 5.74) is -0.761. The van der Waals surface area contributed by atoms with Gasteiger partial charge in [0.1, 0.15) is 10.3 Å². The van der Waals surface area contributed by atoms with E-state index in [0.717, 1.165) is 0 Å². The molecule has 0 aliphatic heterocycles. The van der Waals surface area contributed by atoms with Crippen LogP contribution in [0.15, 0.2) is 22.9 Å². The van der Waals surface area contributed by atoms with E-state index in [4.69, 9.17) is 11.6 Å². The highest BCUT2D eigenvalue weighted by molar-refractivity contribution is 9.10. The minimum absolute atomic E-state index is 0.146. The van der Waals surface area contributed by atoms with E-state index in [-0.39, 0.29) is 10.3 Å². The Bertz CT molecular complexity index is 520. The molecular weight excluding hydrogens is 296 g/mol. The van der Waals surface area contributed by atoms with Crippen molar-refractivity contribution in [2.24, 2.45) is 0 Å². The number of pyridine rings is 1. The first kappa shape index (κ1) is 10.8. The maximum Gasteiger partial charge on any atom is 0.436 e. The Balaban J connectivity index is 2.76. The summed E-state index contributed by atoms with van der Waals surface area (Å²) < 4.78 is 38.4. The Morgan fingerprint density at radius 1 is 1.33 bits per heavy atom. The van der Waals surface area contributed by atoms with Crippen molar-refractivity contribution in [2.45, 2.75) is 6.18 Å². The molecule has 0 unspecified atom stereocenters. The number of hydrogen-bond acceptors (Lipinski definition) is 1. The summed E-state index contributed by atoms with van der Waals surface area (Å²) >= 11 is 8.51. The Morgan fingerprint density at radius 2 is 2.00 bits per heavy atom. The minimum atomic E-state index is -4.47. The average molecular weight is 299 g/mol. The van der Waals surface area contributed by atoms with Gasteiger partial charge in [0.25, 0.3) is 0 Å². The summed E-state index contributed by atoms with van der Waals surface area (Å²) in [6.07, 6.45) is -3.11. The molecule has 80 valence electrons. The van der Waals surface area contributed by atoms with Crippen LogP contribution in [0.4, 0.5) is 13.2 Å². The van der Waals surface area contributed by atoms with Crippen molar-refractivity contribution in [3.63, 3.8) is 0 Å². The van der Waals surface area contributed by atoms with Gasteiger partial charge in [-0.1, -0.05) is 11.6 Å². The third-order valence-electron chi connectivity index (χ3n) is 1.79. The number of alkyl halides is 3. The Labute approximate surface area is 95.8 Å². The summed E-state index contributed by atoms with van der Waals surface area (Å²) in [4.78, 5) is 3.46. The van der Waals surface area contributed by atoms with Gasteiger partial charge in [-0.05, 0) is 28.1 Å². The average Bonchev–Trinajstić information content (AvgIpc) is 2.43. The second-order valence-electron chi connectivity index (χ2n) is 2.82. The van der Waals surface area contributed by atoms with Gasteiger partial charge in [-0.15, -0.1) is 0 Å². The van der Waals surface area contributed by atoms with Crippen LogP contribution >= 0.6 is 27.5 Å². The predicted molar refractivity (Wildman–Crippen MR) is 52.9 cm³/mol. The van der Waals surface area contributed by atoms with E-state index in [9.17, 15) is 13.2 Å². The Hall–Kier alpha value is -0.750. The SMILES string of the molecule is FC(F)(F)c1nc2ccc(Cl)cn2c1Br. The zero-order valence-electron chi connectivity index (χ0n) is 7.02. The van der Waals surface area contributed by atoms with Crippen LogP contribution in [0.5, 0.6) is 0 Å². The first-order valence-electron chi connectivity index (χ1n) is 3.80. The van der Waals surface area contributed by atoms with Crippen molar-refractivity contribution in [3.8, 4) is 0 Å². The van der Waals surface area contributed by atoms with Gasteiger partial charge in [-0.2, -0.15) is 13.2 Å². The zero-order valence-corrected chi connectivity index (χ0v) is 9.36. The zero-order chi connectivity index (χ0) is 11.2. The second kappa shape index (κ2) is 3.38. The molecule has 0 atom stereocenters. The molecule has 0 saturated carbocycles. The standard InChI is InChI=1S/C8H3BrClF3N2/c9-7-6(8(11,12)13)14-5-2-1-4(10)3-15(5)7/h1-3H. The topological polar surface area (TPSA) is 17.3 Å². The highest BCUT2D eigenvalue weighted by Gasteiger charge is 2.37. The van der Waals surface area contributed by atoms with Crippen molar-refractivity contribution >= 4 is 33.2 Å². The van der Waals surface area contributed by atoms with Crippen LogP contribution in [0, 0.1) is 0 Å². The molecular formula is C8H3BrClF3N2. The van der Waals surface area contributed by atoms with E-state index < -0.39 is 11.9 Å². The number of halogens is 5. The third kappa shape index (κ3) is 1.83. The Morgan fingerprint density at radius 3 is 2.60 bits per heavy atom. The van der Waals surface area contributed by atoms with Crippen LogP contribution < -0.4 is 0 Å². The van der Waals surface area contributed by atoms with Gasteiger partial charge in [0, 0.05) is 6.20 Å². The van der Waals surface area contributed by atoms with Crippen LogP contribution in [-0.2, 0) is 6.18 Å². The lowest BCUT2D eigenvalue weighted by Crippen LogP contribution is -2.06. The lowest BCUT2D eigenvalue weighted by molar-refractivity contribution is -0.141. The van der Waals surface area contributed by atoms with Crippen molar-refractivity contribution < 1.29 is 13.2 Å². The maximum atomic E-state index is 12.4. The molecule has 0 spiro atoms. The summed E-state index contributed by atoms with van der Waals surface area (Å²) in [5, 5.41) is 0.342. The van der Waals surface area contributed by atoms with Gasteiger partial charge in [-0.3, -0.25) is 4.40 Å². The first-order chi connectivity index (χ1) is 6.89. The highest BCUT2D eigenvalue weighted by Crippen LogP contribution is 2.34. The van der Waals surface area contributed by atoms with Gasteiger partial charge < -0.3 is 0 Å². The summed E-state index contributed by atoms with van der Waals surface area (Å²) in [7, 11) is 0. The molecule has 0 amide bonds. The smallest absolute Gasteiger partial charge is 0.292 e. The summed E-state index contributed by atoms with van der Waals surface area (Å²) in [5.74, 6) is 0. The molecule has 0 N–H and O–H groups in total. The monoisotopic (exact) mass is 298 g/mol. The van der Waals surface area contributed by atoms with Crippen molar-refractivity contribution in [1.29, 1.82) is 0 Å². The molecule has 0 fully saturated rings. The first-order valence-corrected chi connectivity index (χ1v) is 4.97. The van der Waals surface area contributed by atoms with Gasteiger partial charge in [-0.25, -0.2) is 4.98 Å². The Kier molecular flexibility index (Phi) is 2.42. The lowest BCUT2D eigenvalue weighted by Gasteiger charge is -2.01. The van der Waals surface area contributed by atoms with Gasteiger partial charge >= 0.3 is 6.18 Å². The number of rotatable bonds is 0. The number of hydrogen-bond donors (Lipinski definition) is 0. The quantitative estimate of drug-likeness (QED) is 0.724. The van der Waals surface area contributed by atoms with Crippen LogP contribution in [0.2, 0.25) is 5.02 Å². The second-order valence-corrected chi connectivity index (χ2v) is 4.01. The highest BCUT2D eigenvalue weighted by atomic mass is 79.9. The molecule has 2 aromatic heterocycles. The van der Waals surface area contributed by atoms with Crippen molar-refractivity contribution in [1.82, 2.24) is 9.38 Å².